The topological polar surface area (TPSA) is 37.1 Å². The van der Waals surface area contributed by atoms with Crippen molar-refractivity contribution < 1.29 is 0 Å². The van der Waals surface area contributed by atoms with E-state index in [0.717, 1.165) is 0 Å². The van der Waals surface area contributed by atoms with Gasteiger partial charge in [0.2, 0.25) is 10.5 Å². The maximum Gasteiger partial charge on any atom is 0.257 e. The standard InChI is InChI=1S/Br2Cl4N3P3/c1-10(3)7-11(2,4)9-12(5,6)8-10/t10-,11-/m1/s1. The van der Waals surface area contributed by atoms with Gasteiger partial charge in [0.1, 0.15) is 0 Å². The highest BCUT2D eigenvalue weighted by Crippen LogP contribution is 2.89. The van der Waals surface area contributed by atoms with Crippen LogP contribution in [-0.2, 0) is 0 Å². The molecule has 0 N–H and O–H groups in total. The van der Waals surface area contributed by atoms with Crippen LogP contribution in [0.3, 0.4) is 0 Å². The molecule has 3 nitrogen and oxygen atoms in total. The first kappa shape index (κ1) is 12.9. The molecule has 0 aromatic heterocycles. The Morgan fingerprint density at radius 2 is 1.17 bits per heavy atom. The van der Waals surface area contributed by atoms with Gasteiger partial charge < -0.3 is 0 Å². The Bertz CT molecular complexity index is 280. The summed E-state index contributed by atoms with van der Waals surface area (Å²) in [5, 5.41) is -4.97. The van der Waals surface area contributed by atoms with Crippen LogP contribution in [0.2, 0.25) is 0 Å². The molecular weight excluding hydrogens is 437 g/mol. The molecule has 0 aromatic carbocycles. The average molecular weight is 437 g/mol. The minimum Gasteiger partial charge on any atom is -0.192 e. The van der Waals surface area contributed by atoms with Crippen molar-refractivity contribution in [3.63, 3.8) is 0 Å². The van der Waals surface area contributed by atoms with Gasteiger partial charge >= 0.3 is 0 Å². The van der Waals surface area contributed by atoms with Gasteiger partial charge in [0.15, 0.2) is 0 Å². The quantitative estimate of drug-likeness (QED) is 0.351. The van der Waals surface area contributed by atoms with Crippen LogP contribution in [-0.4, -0.2) is 0 Å². The highest BCUT2D eigenvalue weighted by atomic mass is 79.9. The van der Waals surface area contributed by atoms with Gasteiger partial charge in [-0.3, -0.25) is 0 Å². The lowest BCUT2D eigenvalue weighted by molar-refractivity contribution is 1.81. The van der Waals surface area contributed by atoms with Gasteiger partial charge in [-0.1, -0.05) is 0 Å². The number of hydrogen-bond acceptors (Lipinski definition) is 3. The van der Waals surface area contributed by atoms with E-state index in [-0.39, 0.29) is 0 Å². The van der Waals surface area contributed by atoms with E-state index in [2.05, 4.69) is 44.5 Å². The van der Waals surface area contributed by atoms with E-state index >= 15 is 0 Å². The van der Waals surface area contributed by atoms with Crippen LogP contribution in [0.25, 0.3) is 0 Å². The van der Waals surface area contributed by atoms with E-state index in [1.807, 2.05) is 0 Å². The molecule has 1 rings (SSSR count). The summed E-state index contributed by atoms with van der Waals surface area (Å²) in [6, 6.07) is 0. The first-order chi connectivity index (χ1) is 5.12. The fourth-order valence-electron chi connectivity index (χ4n) is 0.442. The van der Waals surface area contributed by atoms with Crippen molar-refractivity contribution in [1.29, 1.82) is 0 Å². The van der Waals surface area contributed by atoms with Gasteiger partial charge in [-0.05, 0) is 45.0 Å². The van der Waals surface area contributed by atoms with Crippen LogP contribution in [0.4, 0.5) is 0 Å². The lowest BCUT2D eigenvalue weighted by Crippen LogP contribution is -1.61. The zero-order valence-electron chi connectivity index (χ0n) is 4.95. The molecule has 1 aliphatic heterocycles. The minimum absolute atomic E-state index is 2.48. The second kappa shape index (κ2) is 4.00. The molecule has 12 heavy (non-hydrogen) atoms. The Balaban J connectivity index is 3.46. The zero-order valence-corrected chi connectivity index (χ0v) is 13.8. The van der Waals surface area contributed by atoms with Crippen molar-refractivity contribution in [1.82, 2.24) is 0 Å². The second-order valence-electron chi connectivity index (χ2n) is 1.64. The van der Waals surface area contributed by atoms with Gasteiger partial charge in [-0.15, -0.1) is 0 Å². The van der Waals surface area contributed by atoms with E-state index in [1.54, 1.807) is 0 Å². The smallest absolute Gasteiger partial charge is 0.192 e. The molecule has 0 unspecified atom stereocenters. The summed E-state index contributed by atoms with van der Waals surface area (Å²) in [4.78, 5) is 0. The van der Waals surface area contributed by atoms with E-state index in [1.165, 1.54) is 0 Å². The molecule has 0 saturated carbocycles. The van der Waals surface area contributed by atoms with Crippen LogP contribution in [0, 0.1) is 0 Å². The minimum atomic E-state index is -2.74. The van der Waals surface area contributed by atoms with Gasteiger partial charge in [0.05, 0.1) is 0 Å². The van der Waals surface area contributed by atoms with Crippen molar-refractivity contribution >= 4 is 92.4 Å². The molecule has 0 amide bonds. The van der Waals surface area contributed by atoms with Gasteiger partial charge in [0, 0.05) is 31.0 Å². The average Bonchev–Trinajstić information content (AvgIpc) is 1.44. The summed E-state index contributed by atoms with van der Waals surface area (Å²) >= 11 is 29.4. The Hall–Kier alpha value is 2.81. The lowest BCUT2D eigenvalue weighted by atomic mass is 13.8. The molecule has 0 saturated heterocycles. The maximum absolute atomic E-state index is 5.85. The molecule has 1 aliphatic rings. The lowest BCUT2D eigenvalue weighted by Gasteiger charge is -2.16. The van der Waals surface area contributed by atoms with E-state index in [4.69, 9.17) is 45.0 Å². The Kier molecular flexibility index (Phi) is 4.29. The highest BCUT2D eigenvalue weighted by Gasteiger charge is 2.29. The molecule has 0 radical (unpaired) electrons. The third kappa shape index (κ3) is 4.13. The first-order valence-corrected chi connectivity index (χ1v) is 15.0. The molecule has 72 valence electrons. The normalized spacial score (nSPS) is 45.5. The van der Waals surface area contributed by atoms with Gasteiger partial charge in [-0.25, -0.2) is 0 Å². The number of hydrogen-bond donors (Lipinski definition) is 0. The van der Waals surface area contributed by atoms with Crippen molar-refractivity contribution in [3.05, 3.63) is 0 Å². The van der Waals surface area contributed by atoms with Gasteiger partial charge in [0.25, 0.3) is 5.91 Å². The SMILES string of the molecule is ClP1(Cl)=N[P@@](Cl)(Br)=N[P@](Cl)(Br)=N1. The first-order valence-electron chi connectivity index (χ1n) is 2.21. The molecule has 0 aliphatic carbocycles. The summed E-state index contributed by atoms with van der Waals surface area (Å²) in [6.45, 7) is 0. The van der Waals surface area contributed by atoms with Crippen LogP contribution in [0.15, 0.2) is 13.5 Å². The molecule has 0 fully saturated rings. The Morgan fingerprint density at radius 1 is 0.750 bits per heavy atom. The van der Waals surface area contributed by atoms with E-state index in [0.29, 0.717) is 0 Å². The summed E-state index contributed by atoms with van der Waals surface area (Å²) in [5.74, 6) is -2.74. The predicted octanol–water partition coefficient (Wildman–Crippen LogP) is 7.58. The number of halogens is 6. The molecule has 1 heterocycles. The largest absolute Gasteiger partial charge is 0.257 e. The van der Waals surface area contributed by atoms with Gasteiger partial charge in [-0.2, -0.15) is 13.5 Å². The molecule has 0 spiro atoms. The Labute approximate surface area is 105 Å². The van der Waals surface area contributed by atoms with Crippen molar-refractivity contribution in [2.45, 2.75) is 0 Å². The Morgan fingerprint density at radius 3 is 1.50 bits per heavy atom. The molecule has 12 heteroatoms. The van der Waals surface area contributed by atoms with Crippen LogP contribution >= 0.6 is 92.4 Å². The van der Waals surface area contributed by atoms with Crippen LogP contribution in [0.5, 0.6) is 0 Å². The fraction of sp³-hybridized carbons (Fsp3) is 0. The summed E-state index contributed by atoms with van der Waals surface area (Å²) in [5.41, 5.74) is 0. The molecule has 0 bridgehead atoms. The predicted molar refractivity (Wildman–Crippen MR) is 69.3 cm³/mol. The molecular formula is Br2Cl4N3P3. The summed E-state index contributed by atoms with van der Waals surface area (Å²) in [6.07, 6.45) is 0. The van der Waals surface area contributed by atoms with Crippen molar-refractivity contribution in [3.8, 4) is 0 Å². The summed E-state index contributed by atoms with van der Waals surface area (Å²) < 4.78 is 11.7. The maximum atomic E-state index is 5.85. The highest BCUT2D eigenvalue weighted by molar-refractivity contribution is 9.45. The molecule has 0 aromatic rings. The third-order valence-corrected chi connectivity index (χ3v) is 15.8. The van der Waals surface area contributed by atoms with Crippen LogP contribution < -0.4 is 0 Å². The number of rotatable bonds is 0. The van der Waals surface area contributed by atoms with E-state index in [9.17, 15) is 0 Å². The summed E-state index contributed by atoms with van der Waals surface area (Å²) in [7, 11) is 0. The third-order valence-electron chi connectivity index (χ3n) is 0.646. The van der Waals surface area contributed by atoms with Crippen molar-refractivity contribution in [2.75, 3.05) is 0 Å². The van der Waals surface area contributed by atoms with Crippen LogP contribution in [0.1, 0.15) is 0 Å². The number of nitrogens with zero attached hydrogens (tertiary/aromatic N) is 3. The zero-order chi connectivity index (χ0) is 9.62. The van der Waals surface area contributed by atoms with E-state index < -0.39 is 16.4 Å². The fourth-order valence-corrected chi connectivity index (χ4v) is 27.1. The second-order valence-corrected chi connectivity index (χ2v) is 21.1. The molecule has 2 atom stereocenters. The van der Waals surface area contributed by atoms with Crippen molar-refractivity contribution in [2.24, 2.45) is 13.5 Å². The monoisotopic (exact) mass is 433 g/mol.